The molecule has 2 N–H and O–H groups in total. The lowest BCUT2D eigenvalue weighted by molar-refractivity contribution is -0.384. The van der Waals surface area contributed by atoms with Crippen LogP contribution < -0.4 is 10.6 Å². The molecule has 1 aromatic heterocycles. The van der Waals surface area contributed by atoms with Crippen LogP contribution in [0.4, 0.5) is 28.8 Å². The summed E-state index contributed by atoms with van der Waals surface area (Å²) in [6, 6.07) is 13.8. The molecule has 0 aliphatic carbocycles. The Morgan fingerprint density at radius 2 is 1.56 bits per heavy atom. The van der Waals surface area contributed by atoms with Crippen LogP contribution in [0.1, 0.15) is 0 Å². The van der Waals surface area contributed by atoms with E-state index < -0.39 is 4.92 Å². The van der Waals surface area contributed by atoms with E-state index in [4.69, 9.17) is 23.2 Å². The molecule has 0 amide bonds. The first kappa shape index (κ1) is 16.9. The average molecular weight is 376 g/mol. The predicted molar refractivity (Wildman–Crippen MR) is 98.2 cm³/mol. The number of rotatable bonds is 5. The Balaban J connectivity index is 1.93. The van der Waals surface area contributed by atoms with Gasteiger partial charge in [-0.2, -0.15) is 4.98 Å². The molecule has 0 bridgehead atoms. The van der Waals surface area contributed by atoms with Gasteiger partial charge in [0.2, 0.25) is 11.8 Å². The van der Waals surface area contributed by atoms with Crippen molar-refractivity contribution >= 4 is 52.0 Å². The van der Waals surface area contributed by atoms with Crippen LogP contribution in [0, 0.1) is 10.1 Å². The fourth-order valence-electron chi connectivity index (χ4n) is 2.06. The van der Waals surface area contributed by atoms with E-state index in [0.29, 0.717) is 21.4 Å². The SMILES string of the molecule is O=[N+]([O-])c1cnc(Nc2cccc(Cl)c2)nc1Nc1cccc(Cl)c1. The highest BCUT2D eigenvalue weighted by molar-refractivity contribution is 6.31. The van der Waals surface area contributed by atoms with Crippen molar-refractivity contribution in [2.75, 3.05) is 10.6 Å². The fourth-order valence-corrected chi connectivity index (χ4v) is 2.44. The third kappa shape index (κ3) is 4.34. The molecule has 0 aliphatic heterocycles. The minimum Gasteiger partial charge on any atom is -0.334 e. The zero-order valence-electron chi connectivity index (χ0n) is 12.6. The molecule has 25 heavy (non-hydrogen) atoms. The Morgan fingerprint density at radius 3 is 2.12 bits per heavy atom. The van der Waals surface area contributed by atoms with Crippen LogP contribution in [0.3, 0.4) is 0 Å². The molecule has 0 spiro atoms. The molecule has 0 radical (unpaired) electrons. The van der Waals surface area contributed by atoms with E-state index in [9.17, 15) is 10.1 Å². The van der Waals surface area contributed by atoms with Crippen LogP contribution in [0.5, 0.6) is 0 Å². The molecule has 0 atom stereocenters. The monoisotopic (exact) mass is 375 g/mol. The first-order valence-electron chi connectivity index (χ1n) is 7.08. The quantitative estimate of drug-likeness (QED) is 0.471. The summed E-state index contributed by atoms with van der Waals surface area (Å²) < 4.78 is 0. The molecule has 9 heteroatoms. The Morgan fingerprint density at radius 1 is 0.960 bits per heavy atom. The minimum atomic E-state index is -0.559. The Kier molecular flexibility index (Phi) is 4.97. The van der Waals surface area contributed by atoms with Crippen molar-refractivity contribution in [2.45, 2.75) is 0 Å². The summed E-state index contributed by atoms with van der Waals surface area (Å²) in [6.07, 6.45) is 1.13. The maximum Gasteiger partial charge on any atom is 0.329 e. The standard InChI is InChI=1S/C16H11Cl2N5O2/c17-10-3-1-5-12(7-10)20-15-14(23(24)25)9-19-16(22-15)21-13-6-2-4-11(18)8-13/h1-9H,(H2,19,20,21,22). The van der Waals surface area contributed by atoms with E-state index in [2.05, 4.69) is 20.6 Å². The van der Waals surface area contributed by atoms with Gasteiger partial charge < -0.3 is 10.6 Å². The average Bonchev–Trinajstić information content (AvgIpc) is 2.55. The summed E-state index contributed by atoms with van der Waals surface area (Å²) in [5.41, 5.74) is 0.981. The summed E-state index contributed by atoms with van der Waals surface area (Å²) in [5, 5.41) is 18.1. The van der Waals surface area contributed by atoms with Crippen LogP contribution in [-0.4, -0.2) is 14.9 Å². The Labute approximate surface area is 152 Å². The van der Waals surface area contributed by atoms with Gasteiger partial charge in [0.05, 0.1) is 4.92 Å². The smallest absolute Gasteiger partial charge is 0.329 e. The van der Waals surface area contributed by atoms with Crippen molar-refractivity contribution in [3.05, 3.63) is 74.9 Å². The number of hydrogen-bond donors (Lipinski definition) is 2. The van der Waals surface area contributed by atoms with E-state index in [-0.39, 0.29) is 17.5 Å². The normalized spacial score (nSPS) is 10.3. The largest absolute Gasteiger partial charge is 0.334 e. The maximum atomic E-state index is 11.2. The summed E-state index contributed by atoms with van der Waals surface area (Å²) in [7, 11) is 0. The molecule has 126 valence electrons. The third-order valence-electron chi connectivity index (χ3n) is 3.13. The van der Waals surface area contributed by atoms with Gasteiger partial charge in [0.1, 0.15) is 6.20 Å². The molecule has 7 nitrogen and oxygen atoms in total. The van der Waals surface area contributed by atoms with Crippen LogP contribution in [-0.2, 0) is 0 Å². The highest BCUT2D eigenvalue weighted by Crippen LogP contribution is 2.28. The van der Waals surface area contributed by atoms with Gasteiger partial charge in [0, 0.05) is 21.4 Å². The molecular weight excluding hydrogens is 365 g/mol. The predicted octanol–water partition coefficient (Wildman–Crippen LogP) is 5.18. The number of nitro groups is 1. The molecular formula is C16H11Cl2N5O2. The Bertz CT molecular complexity index is 936. The van der Waals surface area contributed by atoms with E-state index in [0.717, 1.165) is 6.20 Å². The van der Waals surface area contributed by atoms with Crippen molar-refractivity contribution in [1.82, 2.24) is 9.97 Å². The van der Waals surface area contributed by atoms with Crippen LogP contribution in [0.15, 0.2) is 54.7 Å². The molecule has 0 aliphatic rings. The second kappa shape index (κ2) is 7.33. The number of anilines is 4. The zero-order chi connectivity index (χ0) is 17.8. The minimum absolute atomic E-state index is 0.0480. The Hall–Kier alpha value is -2.90. The number of aromatic nitrogens is 2. The number of nitrogens with zero attached hydrogens (tertiary/aromatic N) is 3. The molecule has 0 fully saturated rings. The molecule has 3 rings (SSSR count). The molecule has 3 aromatic rings. The second-order valence-electron chi connectivity index (χ2n) is 4.96. The summed E-state index contributed by atoms with van der Waals surface area (Å²) >= 11 is 11.9. The second-order valence-corrected chi connectivity index (χ2v) is 5.83. The van der Waals surface area contributed by atoms with Gasteiger partial charge in [-0.25, -0.2) is 4.98 Å². The fraction of sp³-hybridized carbons (Fsp3) is 0. The lowest BCUT2D eigenvalue weighted by Crippen LogP contribution is -2.04. The van der Waals surface area contributed by atoms with Crippen molar-refractivity contribution in [3.63, 3.8) is 0 Å². The van der Waals surface area contributed by atoms with Gasteiger partial charge in [0.15, 0.2) is 0 Å². The van der Waals surface area contributed by atoms with Gasteiger partial charge in [0.25, 0.3) is 0 Å². The van der Waals surface area contributed by atoms with Crippen molar-refractivity contribution < 1.29 is 4.92 Å². The van der Waals surface area contributed by atoms with E-state index in [1.165, 1.54) is 0 Å². The highest BCUT2D eigenvalue weighted by atomic mass is 35.5. The molecule has 0 saturated heterocycles. The lowest BCUT2D eigenvalue weighted by atomic mass is 10.3. The summed E-state index contributed by atoms with van der Waals surface area (Å²) in [4.78, 5) is 18.8. The zero-order valence-corrected chi connectivity index (χ0v) is 14.1. The van der Waals surface area contributed by atoms with E-state index in [1.54, 1.807) is 48.5 Å². The van der Waals surface area contributed by atoms with Gasteiger partial charge in [-0.1, -0.05) is 35.3 Å². The third-order valence-corrected chi connectivity index (χ3v) is 3.60. The number of halogens is 2. The van der Waals surface area contributed by atoms with Gasteiger partial charge >= 0.3 is 5.69 Å². The van der Waals surface area contributed by atoms with Gasteiger partial charge in [-0.05, 0) is 36.4 Å². The maximum absolute atomic E-state index is 11.2. The highest BCUT2D eigenvalue weighted by Gasteiger charge is 2.18. The number of hydrogen-bond acceptors (Lipinski definition) is 6. The van der Waals surface area contributed by atoms with Gasteiger partial charge in [-0.15, -0.1) is 0 Å². The summed E-state index contributed by atoms with van der Waals surface area (Å²) in [5.74, 6) is 0.240. The molecule has 0 saturated carbocycles. The topological polar surface area (TPSA) is 93.0 Å². The van der Waals surface area contributed by atoms with Crippen molar-refractivity contribution in [3.8, 4) is 0 Å². The number of benzene rings is 2. The number of nitrogens with one attached hydrogen (secondary N) is 2. The first-order chi connectivity index (χ1) is 12.0. The van der Waals surface area contributed by atoms with E-state index in [1.807, 2.05) is 0 Å². The van der Waals surface area contributed by atoms with Crippen LogP contribution >= 0.6 is 23.2 Å². The molecule has 2 aromatic carbocycles. The molecule has 1 heterocycles. The van der Waals surface area contributed by atoms with Gasteiger partial charge in [-0.3, -0.25) is 10.1 Å². The van der Waals surface area contributed by atoms with E-state index >= 15 is 0 Å². The first-order valence-corrected chi connectivity index (χ1v) is 7.83. The van der Waals surface area contributed by atoms with Crippen molar-refractivity contribution in [2.24, 2.45) is 0 Å². The summed E-state index contributed by atoms with van der Waals surface area (Å²) in [6.45, 7) is 0. The van der Waals surface area contributed by atoms with Crippen LogP contribution in [0.25, 0.3) is 0 Å². The van der Waals surface area contributed by atoms with Crippen molar-refractivity contribution in [1.29, 1.82) is 0 Å². The van der Waals surface area contributed by atoms with Crippen LogP contribution in [0.2, 0.25) is 10.0 Å². The lowest BCUT2D eigenvalue weighted by Gasteiger charge is -2.09. The molecule has 0 unspecified atom stereocenters.